The van der Waals surface area contributed by atoms with Crippen LogP contribution in [0.5, 0.6) is 0 Å². The van der Waals surface area contributed by atoms with Crippen molar-refractivity contribution in [3.05, 3.63) is 28.3 Å². The van der Waals surface area contributed by atoms with E-state index in [1.807, 2.05) is 33.8 Å². The maximum Gasteiger partial charge on any atom is 0.243 e. The van der Waals surface area contributed by atoms with Crippen LogP contribution >= 0.6 is 0 Å². The van der Waals surface area contributed by atoms with Crippen molar-refractivity contribution < 1.29 is 13.5 Å². The van der Waals surface area contributed by atoms with E-state index in [2.05, 4.69) is 0 Å². The molecule has 5 heteroatoms. The lowest BCUT2D eigenvalue weighted by Gasteiger charge is -2.34. The first kappa shape index (κ1) is 17.1. The summed E-state index contributed by atoms with van der Waals surface area (Å²) in [5.41, 5.74) is 2.63. The molecule has 1 N–H and O–H groups in total. The summed E-state index contributed by atoms with van der Waals surface area (Å²) in [5.74, 6) is 0. The molecule has 1 aromatic rings. The molecule has 0 aliphatic rings. The van der Waals surface area contributed by atoms with Gasteiger partial charge in [0.15, 0.2) is 0 Å². The van der Waals surface area contributed by atoms with Gasteiger partial charge in [-0.1, -0.05) is 6.07 Å². The molecule has 0 saturated carbocycles. The second kappa shape index (κ2) is 5.47. The Morgan fingerprint density at radius 3 is 1.85 bits per heavy atom. The monoisotopic (exact) mass is 299 g/mol. The third-order valence-electron chi connectivity index (χ3n) is 4.16. The molecule has 1 aromatic carbocycles. The molecule has 0 atom stereocenters. The van der Waals surface area contributed by atoms with Crippen molar-refractivity contribution in [2.45, 2.75) is 52.0 Å². The normalized spacial score (nSPS) is 13.1. The molecule has 0 fully saturated rings. The van der Waals surface area contributed by atoms with Gasteiger partial charge < -0.3 is 5.11 Å². The number of aryl methyl sites for hydroxylation is 2. The van der Waals surface area contributed by atoms with Gasteiger partial charge in [0.25, 0.3) is 0 Å². The van der Waals surface area contributed by atoms with Crippen LogP contribution in [0.1, 0.15) is 36.1 Å². The Morgan fingerprint density at radius 2 is 1.50 bits per heavy atom. The van der Waals surface area contributed by atoms with Gasteiger partial charge in [-0.2, -0.15) is 4.31 Å². The number of rotatable bonds is 4. The van der Waals surface area contributed by atoms with Crippen molar-refractivity contribution in [2.24, 2.45) is 0 Å². The molecular formula is C15H25NO3S. The van der Waals surface area contributed by atoms with Crippen LogP contribution < -0.4 is 0 Å². The number of sulfonamides is 1. The number of benzene rings is 1. The predicted octanol–water partition coefficient (Wildman–Crippen LogP) is 2.31. The van der Waals surface area contributed by atoms with Gasteiger partial charge in [0.1, 0.15) is 0 Å². The van der Waals surface area contributed by atoms with E-state index in [0.717, 1.165) is 22.3 Å². The molecule has 0 heterocycles. The summed E-state index contributed by atoms with van der Waals surface area (Å²) < 4.78 is 27.1. The van der Waals surface area contributed by atoms with Crippen molar-refractivity contribution in [1.29, 1.82) is 0 Å². The highest BCUT2D eigenvalue weighted by molar-refractivity contribution is 7.89. The van der Waals surface area contributed by atoms with Crippen LogP contribution in [0.4, 0.5) is 0 Å². The Balaban J connectivity index is 3.60. The van der Waals surface area contributed by atoms with Crippen LogP contribution in [-0.4, -0.2) is 37.0 Å². The fraction of sp³-hybridized carbons (Fsp3) is 0.600. The van der Waals surface area contributed by atoms with Crippen molar-refractivity contribution in [3.63, 3.8) is 0 Å². The summed E-state index contributed by atoms with van der Waals surface area (Å²) >= 11 is 0. The standard InChI is InChI=1S/C15H25NO3S/c1-10-8-11(2)13(4)14(12(10)3)20(18,19)16(7)15(5,6)9-17/h8,17H,9H2,1-7H3. The minimum atomic E-state index is -3.64. The third-order valence-corrected chi connectivity index (χ3v) is 6.50. The Kier molecular flexibility index (Phi) is 4.69. The number of likely N-dealkylation sites (N-methyl/N-ethyl adjacent to an activating group) is 1. The number of nitrogens with zero attached hydrogens (tertiary/aromatic N) is 1. The smallest absolute Gasteiger partial charge is 0.243 e. The second-order valence-electron chi connectivity index (χ2n) is 6.03. The number of hydrogen-bond donors (Lipinski definition) is 1. The molecule has 0 spiro atoms. The van der Waals surface area contributed by atoms with Gasteiger partial charge in [-0.05, 0) is 63.8 Å². The second-order valence-corrected chi connectivity index (χ2v) is 7.94. The molecule has 0 saturated heterocycles. The zero-order valence-corrected chi connectivity index (χ0v) is 14.2. The molecule has 0 radical (unpaired) electrons. The Bertz CT molecular complexity index is 592. The van der Waals surface area contributed by atoms with Crippen molar-refractivity contribution in [2.75, 3.05) is 13.7 Å². The third kappa shape index (κ3) is 2.75. The van der Waals surface area contributed by atoms with Crippen LogP contribution in [0.2, 0.25) is 0 Å². The van der Waals surface area contributed by atoms with Crippen molar-refractivity contribution in [1.82, 2.24) is 4.31 Å². The lowest BCUT2D eigenvalue weighted by atomic mass is 10.0. The predicted molar refractivity (Wildman–Crippen MR) is 81.5 cm³/mol. The molecule has 0 amide bonds. The largest absolute Gasteiger partial charge is 0.394 e. The van der Waals surface area contributed by atoms with Gasteiger partial charge in [0, 0.05) is 7.05 Å². The summed E-state index contributed by atoms with van der Waals surface area (Å²) in [4.78, 5) is 0.360. The van der Waals surface area contributed by atoms with E-state index in [1.165, 1.54) is 11.4 Å². The van der Waals surface area contributed by atoms with E-state index in [4.69, 9.17) is 0 Å². The Hall–Kier alpha value is -0.910. The van der Waals surface area contributed by atoms with Gasteiger partial charge in [0.2, 0.25) is 10.0 Å². The summed E-state index contributed by atoms with van der Waals surface area (Å²) in [6.07, 6.45) is 0. The fourth-order valence-corrected chi connectivity index (χ4v) is 4.21. The molecule has 0 aliphatic carbocycles. The molecule has 0 aromatic heterocycles. The number of hydrogen-bond acceptors (Lipinski definition) is 3. The SMILES string of the molecule is Cc1cc(C)c(C)c(S(=O)(=O)N(C)C(C)(C)CO)c1C. The van der Waals surface area contributed by atoms with Crippen LogP contribution in [0, 0.1) is 27.7 Å². The van der Waals surface area contributed by atoms with E-state index in [1.54, 1.807) is 13.8 Å². The van der Waals surface area contributed by atoms with Crippen molar-refractivity contribution >= 4 is 10.0 Å². The van der Waals surface area contributed by atoms with Crippen molar-refractivity contribution in [3.8, 4) is 0 Å². The van der Waals surface area contributed by atoms with Crippen LogP contribution in [-0.2, 0) is 10.0 Å². The molecule has 4 nitrogen and oxygen atoms in total. The molecule has 20 heavy (non-hydrogen) atoms. The van der Waals surface area contributed by atoms with Crippen LogP contribution in [0.15, 0.2) is 11.0 Å². The molecule has 114 valence electrons. The molecule has 0 unspecified atom stereocenters. The zero-order valence-electron chi connectivity index (χ0n) is 13.4. The quantitative estimate of drug-likeness (QED) is 0.928. The first-order valence-electron chi connectivity index (χ1n) is 6.64. The lowest BCUT2D eigenvalue weighted by Crippen LogP contribution is -2.47. The van der Waals surface area contributed by atoms with Gasteiger partial charge in [-0.15, -0.1) is 0 Å². The Labute approximate surface area is 122 Å². The maximum atomic E-state index is 12.9. The maximum absolute atomic E-state index is 12.9. The Morgan fingerprint density at radius 1 is 1.10 bits per heavy atom. The highest BCUT2D eigenvalue weighted by Crippen LogP contribution is 2.30. The summed E-state index contributed by atoms with van der Waals surface area (Å²) in [7, 11) is -2.13. The highest BCUT2D eigenvalue weighted by atomic mass is 32.2. The fourth-order valence-electron chi connectivity index (χ4n) is 2.13. The first-order chi connectivity index (χ1) is 8.96. The highest BCUT2D eigenvalue weighted by Gasteiger charge is 2.35. The van der Waals surface area contributed by atoms with E-state index in [-0.39, 0.29) is 6.61 Å². The van der Waals surface area contributed by atoms with Crippen LogP contribution in [0.3, 0.4) is 0 Å². The molecule has 0 aliphatic heterocycles. The lowest BCUT2D eigenvalue weighted by molar-refractivity contribution is 0.138. The van der Waals surface area contributed by atoms with Gasteiger partial charge in [0.05, 0.1) is 17.0 Å². The summed E-state index contributed by atoms with van der Waals surface area (Å²) in [6, 6.07) is 2.00. The minimum absolute atomic E-state index is 0.231. The van der Waals surface area contributed by atoms with Gasteiger partial charge >= 0.3 is 0 Å². The van der Waals surface area contributed by atoms with E-state index in [0.29, 0.717) is 4.90 Å². The topological polar surface area (TPSA) is 57.6 Å². The summed E-state index contributed by atoms with van der Waals surface area (Å²) in [5, 5.41) is 9.42. The van der Waals surface area contributed by atoms with Gasteiger partial charge in [-0.25, -0.2) is 8.42 Å². The van der Waals surface area contributed by atoms with Gasteiger partial charge in [-0.3, -0.25) is 0 Å². The number of aliphatic hydroxyl groups excluding tert-OH is 1. The number of aliphatic hydroxyl groups is 1. The molecule has 1 rings (SSSR count). The molecule has 0 bridgehead atoms. The van der Waals surface area contributed by atoms with Crippen LogP contribution in [0.25, 0.3) is 0 Å². The van der Waals surface area contributed by atoms with E-state index >= 15 is 0 Å². The molecular weight excluding hydrogens is 274 g/mol. The first-order valence-corrected chi connectivity index (χ1v) is 8.08. The average molecular weight is 299 g/mol. The zero-order chi connectivity index (χ0) is 15.9. The summed E-state index contributed by atoms with van der Waals surface area (Å²) in [6.45, 7) is 10.7. The average Bonchev–Trinajstić information content (AvgIpc) is 2.35. The van der Waals surface area contributed by atoms with E-state index in [9.17, 15) is 13.5 Å². The van der Waals surface area contributed by atoms with E-state index < -0.39 is 15.6 Å². The minimum Gasteiger partial charge on any atom is -0.394 e.